The fourth-order valence-corrected chi connectivity index (χ4v) is 6.21. The minimum atomic E-state index is -1.36. The molecule has 17 heteroatoms. The summed E-state index contributed by atoms with van der Waals surface area (Å²) >= 11 is 0. The number of esters is 2. The molecule has 0 bridgehead atoms. The Morgan fingerprint density at radius 1 is 0.823 bits per heavy atom. The molecule has 0 saturated carbocycles. The van der Waals surface area contributed by atoms with Crippen LogP contribution in [-0.2, 0) is 33.5 Å². The van der Waals surface area contributed by atoms with E-state index >= 15 is 0 Å². The van der Waals surface area contributed by atoms with Crippen molar-refractivity contribution in [3.63, 3.8) is 0 Å². The number of carbonyl (C=O) groups excluding carboxylic acids is 7. The van der Waals surface area contributed by atoms with Gasteiger partial charge < -0.3 is 39.4 Å². The van der Waals surface area contributed by atoms with E-state index in [1.54, 1.807) is 97.9 Å². The van der Waals surface area contributed by atoms with Gasteiger partial charge in [-0.3, -0.25) is 29.3 Å². The highest BCUT2D eigenvalue weighted by Crippen LogP contribution is 2.30. The fourth-order valence-electron chi connectivity index (χ4n) is 6.21. The third-order valence-corrected chi connectivity index (χ3v) is 8.92. The van der Waals surface area contributed by atoms with E-state index in [9.17, 15) is 33.6 Å². The van der Waals surface area contributed by atoms with Crippen molar-refractivity contribution in [3.05, 3.63) is 72.0 Å². The number of carbonyl (C=O) groups is 7. The number of amides is 5. The van der Waals surface area contributed by atoms with Crippen LogP contribution in [0.25, 0.3) is 11.3 Å². The van der Waals surface area contributed by atoms with E-state index in [1.807, 2.05) is 6.92 Å². The molecule has 5 amide bonds. The number of nitrogens with zero attached hydrogens (tertiary/aromatic N) is 1. The summed E-state index contributed by atoms with van der Waals surface area (Å²) in [7, 11) is 0. The number of anilines is 1. The lowest BCUT2D eigenvalue weighted by Crippen LogP contribution is -2.49. The number of nitrogens with one attached hydrogen (secondary N) is 4. The van der Waals surface area contributed by atoms with Crippen molar-refractivity contribution in [1.29, 1.82) is 0 Å². The van der Waals surface area contributed by atoms with Gasteiger partial charge in [0.1, 0.15) is 28.8 Å². The van der Waals surface area contributed by atoms with Crippen molar-refractivity contribution in [2.45, 2.75) is 124 Å². The van der Waals surface area contributed by atoms with E-state index in [1.165, 1.54) is 18.2 Å². The van der Waals surface area contributed by atoms with Gasteiger partial charge in [0.05, 0.1) is 37.2 Å². The molecule has 0 aliphatic carbocycles. The maximum absolute atomic E-state index is 13.6. The average Bonchev–Trinajstić information content (AvgIpc) is 3.70. The van der Waals surface area contributed by atoms with Crippen LogP contribution in [0.3, 0.4) is 0 Å². The van der Waals surface area contributed by atoms with Crippen molar-refractivity contribution in [2.75, 3.05) is 18.6 Å². The van der Waals surface area contributed by atoms with Crippen molar-refractivity contribution in [2.24, 2.45) is 5.92 Å². The monoisotopic (exact) mass is 863 g/mol. The van der Waals surface area contributed by atoms with Crippen molar-refractivity contribution in [1.82, 2.24) is 21.0 Å². The van der Waals surface area contributed by atoms with E-state index in [2.05, 4.69) is 21.3 Å². The third kappa shape index (κ3) is 16.2. The largest absolute Gasteiger partial charge is 0.493 e. The van der Waals surface area contributed by atoms with Crippen molar-refractivity contribution < 1.29 is 57.0 Å². The zero-order chi connectivity index (χ0) is 46.0. The SMILES string of the molecule is CCCCC[C@@H](C(=O)NCNC(=O)c1ccc(-c2ccc(C(=O)N[C@@H](CC(=O)OC(C)(C)C)C(=O)OC(C)(C)C)c(OCC)c2)o1)[C@@H](CC)N(C=O)OC(=O)Nc1ccccc1. The Balaban J connectivity index is 1.71. The van der Waals surface area contributed by atoms with Crippen molar-refractivity contribution in [3.8, 4) is 17.1 Å². The third-order valence-electron chi connectivity index (χ3n) is 8.92. The zero-order valence-electron chi connectivity index (χ0n) is 37.1. The standard InChI is InChI=1S/C45H61N5O12/c1-10-13-15-20-31(34(11-2)50(28-51)62-43(57)48-30-18-16-14-17-19-30)39(53)46-27-47-41(55)36-24-23-35(59-36)29-21-22-32(37(25-29)58-12-3)40(54)49-33(42(56)61-45(7,8)9)26-38(52)60-44(4,5)6/h14,16-19,21-25,28,31,33-34H,10-13,15,20,26-27H2,1-9H3,(H,46,53)(H,47,55)(H,48,57)(H,49,54)/t31-,33+,34-/m1/s1. The normalized spacial score (nSPS) is 12.7. The number of rotatable bonds is 22. The number of ether oxygens (including phenoxy) is 3. The zero-order valence-corrected chi connectivity index (χ0v) is 37.1. The van der Waals surface area contributed by atoms with Crippen LogP contribution in [0.4, 0.5) is 10.5 Å². The smallest absolute Gasteiger partial charge is 0.436 e. The van der Waals surface area contributed by atoms with E-state index < -0.39 is 71.4 Å². The van der Waals surface area contributed by atoms with Gasteiger partial charge in [0.15, 0.2) is 5.76 Å². The highest BCUT2D eigenvalue weighted by atomic mass is 16.7. The number of hydroxylamine groups is 2. The van der Waals surface area contributed by atoms with Crippen molar-refractivity contribution >= 4 is 47.9 Å². The predicted octanol–water partition coefficient (Wildman–Crippen LogP) is 6.92. The summed E-state index contributed by atoms with van der Waals surface area (Å²) in [6.07, 6.45) is 2.08. The topological polar surface area (TPSA) is 221 Å². The molecule has 2 aromatic carbocycles. The molecule has 0 aliphatic rings. The summed E-state index contributed by atoms with van der Waals surface area (Å²) in [4.78, 5) is 96.2. The molecule has 62 heavy (non-hydrogen) atoms. The average molecular weight is 864 g/mol. The van der Waals surface area contributed by atoms with Gasteiger partial charge >= 0.3 is 18.0 Å². The molecular weight excluding hydrogens is 803 g/mol. The molecular formula is C45H61N5O12. The van der Waals surface area contributed by atoms with Crippen LogP contribution in [0.15, 0.2) is 65.1 Å². The van der Waals surface area contributed by atoms with Gasteiger partial charge in [0, 0.05) is 11.3 Å². The lowest BCUT2D eigenvalue weighted by molar-refractivity contribution is -0.167. The van der Waals surface area contributed by atoms with E-state index in [0.717, 1.165) is 17.9 Å². The molecule has 0 fully saturated rings. The van der Waals surface area contributed by atoms with Crippen LogP contribution in [0.2, 0.25) is 0 Å². The lowest BCUT2D eigenvalue weighted by atomic mass is 9.90. The van der Waals surface area contributed by atoms with Crippen LogP contribution in [0.5, 0.6) is 5.75 Å². The van der Waals surface area contributed by atoms with E-state index in [4.69, 9.17) is 23.5 Å². The lowest BCUT2D eigenvalue weighted by Gasteiger charge is -2.31. The Labute approximate surface area is 362 Å². The molecule has 1 heterocycles. The van der Waals surface area contributed by atoms with Gasteiger partial charge in [-0.25, -0.2) is 9.59 Å². The molecule has 3 atom stereocenters. The first-order chi connectivity index (χ1) is 29.3. The first kappa shape index (κ1) is 50.0. The molecule has 0 saturated heterocycles. The minimum Gasteiger partial charge on any atom is -0.493 e. The maximum Gasteiger partial charge on any atom is 0.436 e. The second-order valence-electron chi connectivity index (χ2n) is 16.3. The quantitative estimate of drug-likeness (QED) is 0.0266. The van der Waals surface area contributed by atoms with E-state index in [-0.39, 0.29) is 36.1 Å². The predicted molar refractivity (Wildman–Crippen MR) is 230 cm³/mol. The van der Waals surface area contributed by atoms with Crippen LogP contribution in [0.1, 0.15) is 122 Å². The molecule has 3 aromatic rings. The number of hydrogen-bond donors (Lipinski definition) is 4. The highest BCUT2D eigenvalue weighted by molar-refractivity contribution is 6.00. The molecule has 4 N–H and O–H groups in total. The Kier molecular flexibility index (Phi) is 19.0. The van der Waals surface area contributed by atoms with Gasteiger partial charge in [0.2, 0.25) is 12.3 Å². The number of furan rings is 1. The molecule has 17 nitrogen and oxygen atoms in total. The van der Waals surface area contributed by atoms with Gasteiger partial charge in [-0.2, -0.15) is 5.06 Å². The highest BCUT2D eigenvalue weighted by Gasteiger charge is 2.34. The summed E-state index contributed by atoms with van der Waals surface area (Å²) < 4.78 is 22.5. The maximum atomic E-state index is 13.6. The Morgan fingerprint density at radius 2 is 1.52 bits per heavy atom. The van der Waals surface area contributed by atoms with Gasteiger partial charge in [-0.05, 0) is 97.7 Å². The Bertz CT molecular complexity index is 1990. The van der Waals surface area contributed by atoms with E-state index in [0.29, 0.717) is 36.9 Å². The molecule has 1 aromatic heterocycles. The first-order valence-corrected chi connectivity index (χ1v) is 20.7. The first-order valence-electron chi connectivity index (χ1n) is 20.7. The van der Waals surface area contributed by atoms with Gasteiger partial charge in [0.25, 0.3) is 11.8 Å². The summed E-state index contributed by atoms with van der Waals surface area (Å²) in [5, 5.41) is 11.3. The van der Waals surface area contributed by atoms with Crippen LogP contribution in [-0.4, -0.2) is 83.8 Å². The molecule has 0 unspecified atom stereocenters. The van der Waals surface area contributed by atoms with Gasteiger partial charge in [-0.1, -0.05) is 57.4 Å². The number of hydrogen-bond acceptors (Lipinski definition) is 12. The van der Waals surface area contributed by atoms with Crippen LogP contribution >= 0.6 is 0 Å². The summed E-state index contributed by atoms with van der Waals surface area (Å²) in [5.74, 6) is -3.77. The Morgan fingerprint density at radius 3 is 2.13 bits per heavy atom. The fraction of sp³-hybridized carbons (Fsp3) is 0.489. The number of para-hydroxylation sites is 1. The second-order valence-corrected chi connectivity index (χ2v) is 16.3. The molecule has 0 spiro atoms. The summed E-state index contributed by atoms with van der Waals surface area (Å²) in [6, 6.07) is 14.0. The molecule has 0 aliphatic heterocycles. The van der Waals surface area contributed by atoms with Crippen LogP contribution < -0.4 is 26.0 Å². The minimum absolute atomic E-state index is 0.0604. The van der Waals surface area contributed by atoms with Gasteiger partial charge in [-0.15, -0.1) is 0 Å². The summed E-state index contributed by atoms with van der Waals surface area (Å²) in [6.45, 7) is 15.5. The molecule has 3 rings (SSSR count). The number of unbranched alkanes of at least 4 members (excludes halogenated alkanes) is 2. The Hall–Kier alpha value is -6.39. The summed E-state index contributed by atoms with van der Waals surface area (Å²) in [5.41, 5.74) is -0.736. The second kappa shape index (κ2) is 23.6. The number of benzene rings is 2. The van der Waals surface area contributed by atoms with Crippen LogP contribution in [0, 0.1) is 5.92 Å². The molecule has 338 valence electrons. The molecule has 0 radical (unpaired) electrons.